The lowest BCUT2D eigenvalue weighted by Gasteiger charge is -2.29. The normalized spacial score (nSPS) is 15.8. The first kappa shape index (κ1) is 21.5. The molecule has 0 atom stereocenters. The van der Waals surface area contributed by atoms with Crippen molar-refractivity contribution in [2.24, 2.45) is 5.92 Å². The standard InChI is InChI=1S/C20H21BrN2O5S/c1-13-8-10-23(11-9-13)29(27,28)18-12-14(6-7-16(18)21)19(24)22-17-5-3-2-4-15(17)20(25)26/h2-7,12-13H,8-11H2,1H3,(H,22,24)(H,25,26). The van der Waals surface area contributed by atoms with Gasteiger partial charge < -0.3 is 10.4 Å². The number of carbonyl (C=O) groups is 2. The van der Waals surface area contributed by atoms with Crippen LogP contribution in [0.3, 0.4) is 0 Å². The molecule has 0 saturated carbocycles. The maximum atomic E-state index is 13.1. The van der Waals surface area contributed by atoms with Crippen LogP contribution in [0.15, 0.2) is 51.8 Å². The Hall–Kier alpha value is -2.23. The van der Waals surface area contributed by atoms with Gasteiger partial charge in [0, 0.05) is 23.1 Å². The second-order valence-corrected chi connectivity index (χ2v) is 9.80. The topological polar surface area (TPSA) is 104 Å². The molecule has 3 rings (SSSR count). The first-order valence-corrected chi connectivity index (χ1v) is 11.4. The van der Waals surface area contributed by atoms with E-state index in [1.165, 1.54) is 34.6 Å². The van der Waals surface area contributed by atoms with E-state index < -0.39 is 21.9 Å². The summed E-state index contributed by atoms with van der Waals surface area (Å²) in [7, 11) is -3.75. The number of benzene rings is 2. The zero-order chi connectivity index (χ0) is 21.2. The highest BCUT2D eigenvalue weighted by Gasteiger charge is 2.30. The van der Waals surface area contributed by atoms with Gasteiger partial charge in [-0.1, -0.05) is 19.1 Å². The number of nitrogens with zero attached hydrogens (tertiary/aromatic N) is 1. The third-order valence-corrected chi connectivity index (χ3v) is 7.85. The minimum atomic E-state index is -3.75. The molecule has 0 aliphatic carbocycles. The van der Waals surface area contributed by atoms with Crippen molar-refractivity contribution in [2.75, 3.05) is 18.4 Å². The fourth-order valence-corrected chi connectivity index (χ4v) is 5.60. The number of carbonyl (C=O) groups excluding carboxylic acids is 1. The Kier molecular flexibility index (Phi) is 6.40. The van der Waals surface area contributed by atoms with Gasteiger partial charge >= 0.3 is 5.97 Å². The van der Waals surface area contributed by atoms with E-state index >= 15 is 0 Å². The van der Waals surface area contributed by atoms with Gasteiger partial charge in [0.2, 0.25) is 10.0 Å². The van der Waals surface area contributed by atoms with Crippen LogP contribution in [0.4, 0.5) is 5.69 Å². The Balaban J connectivity index is 1.89. The van der Waals surface area contributed by atoms with Crippen LogP contribution >= 0.6 is 15.9 Å². The SMILES string of the molecule is CC1CCN(S(=O)(=O)c2cc(C(=O)Nc3ccccc3C(=O)O)ccc2Br)CC1. The second-order valence-electron chi connectivity index (χ2n) is 7.04. The number of nitrogens with one attached hydrogen (secondary N) is 1. The van der Waals surface area contributed by atoms with E-state index in [0.29, 0.717) is 23.5 Å². The van der Waals surface area contributed by atoms with Crippen LogP contribution in [0.5, 0.6) is 0 Å². The van der Waals surface area contributed by atoms with E-state index in [9.17, 15) is 23.1 Å². The summed E-state index contributed by atoms with van der Waals surface area (Å²) in [6, 6.07) is 10.3. The van der Waals surface area contributed by atoms with Gasteiger partial charge in [-0.15, -0.1) is 0 Å². The predicted octanol–water partition coefficient (Wildman–Crippen LogP) is 3.82. The fraction of sp³-hybridized carbons (Fsp3) is 0.300. The lowest BCUT2D eigenvalue weighted by molar-refractivity contribution is 0.0698. The molecular weight excluding hydrogens is 460 g/mol. The zero-order valence-corrected chi connectivity index (χ0v) is 18.2. The van der Waals surface area contributed by atoms with Crippen molar-refractivity contribution in [2.45, 2.75) is 24.7 Å². The number of halogens is 1. The number of hydrogen-bond donors (Lipinski definition) is 2. The molecule has 1 fully saturated rings. The Morgan fingerprint density at radius 1 is 1.14 bits per heavy atom. The lowest BCUT2D eigenvalue weighted by atomic mass is 10.0. The van der Waals surface area contributed by atoms with Gasteiger partial charge in [0.05, 0.1) is 16.1 Å². The zero-order valence-electron chi connectivity index (χ0n) is 15.8. The van der Waals surface area contributed by atoms with Crippen LogP contribution in [-0.4, -0.2) is 42.8 Å². The Labute approximate surface area is 177 Å². The second kappa shape index (κ2) is 8.64. The molecule has 1 aliphatic heterocycles. The molecule has 2 N–H and O–H groups in total. The minimum Gasteiger partial charge on any atom is -0.478 e. The molecule has 0 unspecified atom stereocenters. The summed E-state index contributed by atoms with van der Waals surface area (Å²) in [5, 5.41) is 11.8. The van der Waals surface area contributed by atoms with Gasteiger partial charge in [0.15, 0.2) is 0 Å². The summed E-state index contributed by atoms with van der Waals surface area (Å²) in [5.41, 5.74) is 0.216. The molecule has 2 aromatic carbocycles. The van der Waals surface area contributed by atoms with Crippen molar-refractivity contribution in [3.05, 3.63) is 58.1 Å². The number of hydrogen-bond acceptors (Lipinski definition) is 4. The summed E-state index contributed by atoms with van der Waals surface area (Å²) in [5.74, 6) is -1.27. The number of carboxylic acid groups (broad SMARTS) is 1. The molecule has 0 aromatic heterocycles. The van der Waals surface area contributed by atoms with Crippen molar-refractivity contribution in [1.29, 1.82) is 0 Å². The monoisotopic (exact) mass is 480 g/mol. The first-order valence-electron chi connectivity index (χ1n) is 9.13. The quantitative estimate of drug-likeness (QED) is 0.676. The maximum Gasteiger partial charge on any atom is 0.337 e. The number of para-hydroxylation sites is 1. The molecule has 0 radical (unpaired) electrons. The van der Waals surface area contributed by atoms with Gasteiger partial charge in [-0.3, -0.25) is 4.79 Å². The smallest absolute Gasteiger partial charge is 0.337 e. The summed E-state index contributed by atoms with van der Waals surface area (Å²) in [6.07, 6.45) is 1.59. The Morgan fingerprint density at radius 2 is 1.79 bits per heavy atom. The van der Waals surface area contributed by atoms with Crippen molar-refractivity contribution in [3.63, 3.8) is 0 Å². The molecule has 1 heterocycles. The van der Waals surface area contributed by atoms with Crippen LogP contribution in [0.25, 0.3) is 0 Å². The molecule has 154 valence electrons. The highest BCUT2D eigenvalue weighted by Crippen LogP contribution is 2.29. The van der Waals surface area contributed by atoms with Crippen LogP contribution in [0.2, 0.25) is 0 Å². The van der Waals surface area contributed by atoms with Gasteiger partial charge in [0.1, 0.15) is 0 Å². The number of carboxylic acids is 1. The average Bonchev–Trinajstić information content (AvgIpc) is 2.68. The molecule has 1 aliphatic rings. The molecule has 2 aromatic rings. The van der Waals surface area contributed by atoms with Crippen LogP contribution in [0.1, 0.15) is 40.5 Å². The maximum absolute atomic E-state index is 13.1. The lowest BCUT2D eigenvalue weighted by Crippen LogP contribution is -2.38. The van der Waals surface area contributed by atoms with E-state index in [1.807, 2.05) is 0 Å². The highest BCUT2D eigenvalue weighted by atomic mass is 79.9. The molecule has 1 saturated heterocycles. The predicted molar refractivity (Wildman–Crippen MR) is 113 cm³/mol. The van der Waals surface area contributed by atoms with E-state index in [1.54, 1.807) is 12.1 Å². The molecule has 1 amide bonds. The molecule has 9 heteroatoms. The van der Waals surface area contributed by atoms with E-state index in [0.717, 1.165) is 12.8 Å². The summed E-state index contributed by atoms with van der Waals surface area (Å²) in [6.45, 7) is 2.98. The van der Waals surface area contributed by atoms with Crippen molar-refractivity contribution in [1.82, 2.24) is 4.31 Å². The molecule has 0 spiro atoms. The highest BCUT2D eigenvalue weighted by molar-refractivity contribution is 9.10. The van der Waals surface area contributed by atoms with Crippen LogP contribution in [-0.2, 0) is 10.0 Å². The van der Waals surface area contributed by atoms with Crippen LogP contribution < -0.4 is 5.32 Å². The van der Waals surface area contributed by atoms with Gasteiger partial charge in [-0.2, -0.15) is 4.31 Å². The summed E-state index contributed by atoms with van der Waals surface area (Å²) >= 11 is 3.28. The third-order valence-electron chi connectivity index (χ3n) is 4.96. The number of aromatic carboxylic acids is 1. The minimum absolute atomic E-state index is 0.0197. The number of sulfonamides is 1. The third kappa shape index (κ3) is 4.68. The number of piperidine rings is 1. The van der Waals surface area contributed by atoms with E-state index in [4.69, 9.17) is 0 Å². The van der Waals surface area contributed by atoms with E-state index in [-0.39, 0.29) is 21.7 Å². The fourth-order valence-electron chi connectivity index (χ4n) is 3.18. The van der Waals surface area contributed by atoms with Crippen LogP contribution in [0, 0.1) is 5.92 Å². The Morgan fingerprint density at radius 3 is 2.45 bits per heavy atom. The number of amides is 1. The largest absolute Gasteiger partial charge is 0.478 e. The summed E-state index contributed by atoms with van der Waals surface area (Å²) in [4.78, 5) is 24.0. The first-order chi connectivity index (χ1) is 13.7. The molecule has 29 heavy (non-hydrogen) atoms. The Bertz CT molecular complexity index is 1050. The van der Waals surface area contributed by atoms with Crippen molar-refractivity contribution in [3.8, 4) is 0 Å². The van der Waals surface area contributed by atoms with Gasteiger partial charge in [0.25, 0.3) is 5.91 Å². The molecule has 0 bridgehead atoms. The number of anilines is 1. The molecular formula is C20H21BrN2O5S. The average molecular weight is 481 g/mol. The molecule has 7 nitrogen and oxygen atoms in total. The van der Waals surface area contributed by atoms with Crippen molar-refractivity contribution < 1.29 is 23.1 Å². The van der Waals surface area contributed by atoms with Crippen molar-refractivity contribution >= 4 is 43.5 Å². The summed E-state index contributed by atoms with van der Waals surface area (Å²) < 4.78 is 28.0. The van der Waals surface area contributed by atoms with Gasteiger partial charge in [-0.25, -0.2) is 13.2 Å². The van der Waals surface area contributed by atoms with E-state index in [2.05, 4.69) is 28.2 Å². The van der Waals surface area contributed by atoms with Gasteiger partial charge in [-0.05, 0) is 65.0 Å². The number of rotatable bonds is 5.